The summed E-state index contributed by atoms with van der Waals surface area (Å²) in [5.41, 5.74) is 3.87. The van der Waals surface area contributed by atoms with Gasteiger partial charge < -0.3 is 14.8 Å². The summed E-state index contributed by atoms with van der Waals surface area (Å²) in [5, 5.41) is 14.5. The molecule has 0 saturated heterocycles. The zero-order valence-electron chi connectivity index (χ0n) is 19.6. The van der Waals surface area contributed by atoms with E-state index in [1.54, 1.807) is 6.07 Å². The predicted molar refractivity (Wildman–Crippen MR) is 146 cm³/mol. The molecule has 0 radical (unpaired) electrons. The molecular formula is C27H29Cl2N5S. The summed E-state index contributed by atoms with van der Waals surface area (Å²) in [7, 11) is 0. The Morgan fingerprint density at radius 2 is 1.91 bits per heavy atom. The van der Waals surface area contributed by atoms with E-state index in [2.05, 4.69) is 25.8 Å². The number of halogens is 2. The number of rotatable bonds is 8. The van der Waals surface area contributed by atoms with Crippen molar-refractivity contribution >= 4 is 40.5 Å². The first-order chi connectivity index (χ1) is 17.0. The first-order valence-corrected chi connectivity index (χ1v) is 13.2. The van der Waals surface area contributed by atoms with Crippen molar-refractivity contribution in [3.8, 4) is 6.07 Å². The van der Waals surface area contributed by atoms with Crippen molar-refractivity contribution in [2.45, 2.75) is 57.7 Å². The van der Waals surface area contributed by atoms with Crippen LogP contribution < -0.4 is 5.32 Å². The Morgan fingerprint density at radius 1 is 1.14 bits per heavy atom. The van der Waals surface area contributed by atoms with Crippen molar-refractivity contribution in [1.29, 1.82) is 5.26 Å². The molecule has 0 atom stereocenters. The van der Waals surface area contributed by atoms with E-state index in [1.165, 1.54) is 19.3 Å². The van der Waals surface area contributed by atoms with Crippen LogP contribution in [0.3, 0.4) is 0 Å². The molecule has 1 heterocycles. The van der Waals surface area contributed by atoms with Crippen LogP contribution in [0.2, 0.25) is 10.0 Å². The second-order valence-corrected chi connectivity index (χ2v) is 10.2. The third-order valence-corrected chi connectivity index (χ3v) is 7.72. The molecule has 1 N–H and O–H groups in total. The highest BCUT2D eigenvalue weighted by molar-refractivity contribution is 7.80. The van der Waals surface area contributed by atoms with Gasteiger partial charge in [-0.1, -0.05) is 66.7 Å². The molecule has 1 fully saturated rings. The zero-order valence-corrected chi connectivity index (χ0v) is 21.9. The van der Waals surface area contributed by atoms with Crippen LogP contribution in [0.5, 0.6) is 0 Å². The summed E-state index contributed by atoms with van der Waals surface area (Å²) in [6.07, 6.45) is 10.6. The average molecular weight is 527 g/mol. The van der Waals surface area contributed by atoms with E-state index in [0.29, 0.717) is 34.7 Å². The van der Waals surface area contributed by atoms with Gasteiger partial charge in [-0.25, -0.2) is 4.98 Å². The highest BCUT2D eigenvalue weighted by atomic mass is 35.5. The predicted octanol–water partition coefficient (Wildman–Crippen LogP) is 6.36. The van der Waals surface area contributed by atoms with E-state index in [-0.39, 0.29) is 0 Å². The van der Waals surface area contributed by atoms with Gasteiger partial charge in [-0.2, -0.15) is 5.26 Å². The number of thiocarbonyl (C=S) groups is 1. The number of nitriles is 1. The molecule has 5 nitrogen and oxygen atoms in total. The maximum atomic E-state index is 9.04. The van der Waals surface area contributed by atoms with Crippen molar-refractivity contribution in [2.24, 2.45) is 0 Å². The highest BCUT2D eigenvalue weighted by Gasteiger charge is 2.19. The largest absolute Gasteiger partial charge is 0.360 e. The van der Waals surface area contributed by atoms with Crippen LogP contribution >= 0.6 is 35.4 Å². The average Bonchev–Trinajstić information content (AvgIpc) is 3.32. The molecule has 1 aliphatic carbocycles. The van der Waals surface area contributed by atoms with E-state index in [1.807, 2.05) is 48.9 Å². The highest BCUT2D eigenvalue weighted by Crippen LogP contribution is 2.27. The Balaban J connectivity index is 1.46. The summed E-state index contributed by atoms with van der Waals surface area (Å²) >= 11 is 18.7. The topological polar surface area (TPSA) is 56.9 Å². The van der Waals surface area contributed by atoms with Crippen molar-refractivity contribution < 1.29 is 0 Å². The molecule has 0 spiro atoms. The second-order valence-electron chi connectivity index (χ2n) is 8.99. The number of aromatic nitrogens is 2. The molecule has 1 aromatic heterocycles. The Bertz CT molecular complexity index is 1180. The second kappa shape index (κ2) is 12.4. The number of benzene rings is 2. The van der Waals surface area contributed by atoms with Gasteiger partial charge >= 0.3 is 0 Å². The minimum absolute atomic E-state index is 0.426. The van der Waals surface area contributed by atoms with Gasteiger partial charge in [0.05, 0.1) is 28.0 Å². The summed E-state index contributed by atoms with van der Waals surface area (Å²) in [5.74, 6) is 0. The molecule has 4 rings (SSSR count). The molecule has 1 aliphatic rings. The molecular weight excluding hydrogens is 497 g/mol. The SMILES string of the molecule is N#Cc1ccc(Cn2cncc2CCN(Cc2cccc(Cl)c2Cl)C(=S)NC2CCCCC2)cc1. The lowest BCUT2D eigenvalue weighted by atomic mass is 9.96. The Kier molecular flexibility index (Phi) is 9.03. The maximum Gasteiger partial charge on any atom is 0.169 e. The number of imidazole rings is 1. The van der Waals surface area contributed by atoms with Crippen molar-refractivity contribution in [3.63, 3.8) is 0 Å². The molecule has 35 heavy (non-hydrogen) atoms. The van der Waals surface area contributed by atoms with Gasteiger partial charge in [-0.15, -0.1) is 0 Å². The fourth-order valence-corrected chi connectivity index (χ4v) is 5.17. The molecule has 0 aliphatic heterocycles. The molecule has 182 valence electrons. The molecule has 0 bridgehead atoms. The summed E-state index contributed by atoms with van der Waals surface area (Å²) in [6, 6.07) is 16.0. The van der Waals surface area contributed by atoms with Crippen LogP contribution in [0.1, 0.15) is 54.5 Å². The summed E-state index contributed by atoms with van der Waals surface area (Å²) < 4.78 is 2.14. The molecule has 0 unspecified atom stereocenters. The first-order valence-electron chi connectivity index (χ1n) is 12.0. The van der Waals surface area contributed by atoms with Gasteiger partial charge in [-0.3, -0.25) is 0 Å². The smallest absolute Gasteiger partial charge is 0.169 e. The molecule has 3 aromatic rings. The number of nitrogens with one attached hydrogen (secondary N) is 1. The Labute approximate surface area is 222 Å². The van der Waals surface area contributed by atoms with Crippen LogP contribution in [0.25, 0.3) is 0 Å². The van der Waals surface area contributed by atoms with Gasteiger partial charge in [0, 0.05) is 44.0 Å². The van der Waals surface area contributed by atoms with Crippen LogP contribution in [0, 0.1) is 11.3 Å². The first kappa shape index (κ1) is 25.5. The van der Waals surface area contributed by atoms with Crippen LogP contribution in [-0.2, 0) is 19.5 Å². The van der Waals surface area contributed by atoms with Crippen LogP contribution in [0.15, 0.2) is 55.0 Å². The number of hydrogen-bond acceptors (Lipinski definition) is 3. The lowest BCUT2D eigenvalue weighted by Crippen LogP contribution is -2.45. The lowest BCUT2D eigenvalue weighted by molar-refractivity contribution is 0.367. The lowest BCUT2D eigenvalue weighted by Gasteiger charge is -2.31. The molecule has 2 aromatic carbocycles. The molecule has 0 amide bonds. The summed E-state index contributed by atoms with van der Waals surface area (Å²) in [4.78, 5) is 6.56. The van der Waals surface area contributed by atoms with Gasteiger partial charge in [0.2, 0.25) is 0 Å². The van der Waals surface area contributed by atoms with Gasteiger partial charge in [0.15, 0.2) is 5.11 Å². The minimum Gasteiger partial charge on any atom is -0.360 e. The normalized spacial score (nSPS) is 13.9. The van der Waals surface area contributed by atoms with E-state index in [9.17, 15) is 0 Å². The van der Waals surface area contributed by atoms with Gasteiger partial charge in [-0.05, 0) is 54.4 Å². The van der Waals surface area contributed by atoms with E-state index in [0.717, 1.165) is 47.7 Å². The fraction of sp³-hybridized carbons (Fsp3) is 0.370. The Morgan fingerprint density at radius 3 is 2.66 bits per heavy atom. The third-order valence-electron chi connectivity index (χ3n) is 6.49. The van der Waals surface area contributed by atoms with Crippen molar-refractivity contribution in [1.82, 2.24) is 19.8 Å². The van der Waals surface area contributed by atoms with Crippen molar-refractivity contribution in [3.05, 3.63) is 87.4 Å². The fourth-order valence-electron chi connectivity index (χ4n) is 4.47. The van der Waals surface area contributed by atoms with Gasteiger partial charge in [0.25, 0.3) is 0 Å². The number of hydrogen-bond donors (Lipinski definition) is 1. The number of nitrogens with zero attached hydrogens (tertiary/aromatic N) is 4. The zero-order chi connectivity index (χ0) is 24.6. The maximum absolute atomic E-state index is 9.04. The van der Waals surface area contributed by atoms with Crippen molar-refractivity contribution in [2.75, 3.05) is 6.54 Å². The monoisotopic (exact) mass is 525 g/mol. The van der Waals surface area contributed by atoms with Gasteiger partial charge in [0.1, 0.15) is 0 Å². The molecule has 8 heteroatoms. The van der Waals surface area contributed by atoms with Crippen LogP contribution in [0.4, 0.5) is 0 Å². The van der Waals surface area contributed by atoms with E-state index >= 15 is 0 Å². The Hall–Kier alpha value is -2.59. The minimum atomic E-state index is 0.426. The third kappa shape index (κ3) is 6.98. The van der Waals surface area contributed by atoms with Crippen LogP contribution in [-0.4, -0.2) is 32.2 Å². The van der Waals surface area contributed by atoms with E-state index in [4.69, 9.17) is 40.7 Å². The molecule has 1 saturated carbocycles. The summed E-state index contributed by atoms with van der Waals surface area (Å²) in [6.45, 7) is 2.01. The standard InChI is InChI=1S/C27H29Cl2N5S/c28-25-8-4-5-22(26(25)29)18-33(27(35)32-23-6-2-1-3-7-23)14-13-24-16-31-19-34(24)17-21-11-9-20(15-30)10-12-21/h4-5,8-12,16,19,23H,1-3,6-7,13-14,17-18H2,(H,32,35). The van der Waals surface area contributed by atoms with E-state index < -0.39 is 0 Å². The quantitative estimate of drug-likeness (QED) is 0.346.